The first-order chi connectivity index (χ1) is 12.2. The molecule has 3 rings (SSSR count). The molecule has 0 amide bonds. The van der Waals surface area contributed by atoms with Gasteiger partial charge in [-0.2, -0.15) is 0 Å². The number of carbonyl (C=O) groups excluding carboxylic acids is 1. The van der Waals surface area contributed by atoms with Crippen molar-refractivity contribution in [2.75, 3.05) is 39.5 Å². The Hall–Kier alpha value is -1.39. The first kappa shape index (κ1) is 18.4. The van der Waals surface area contributed by atoms with Crippen molar-refractivity contribution in [1.82, 2.24) is 4.90 Å². The highest BCUT2D eigenvalue weighted by Gasteiger charge is 2.25. The molecule has 2 aliphatic heterocycles. The van der Waals surface area contributed by atoms with E-state index in [0.29, 0.717) is 19.8 Å². The van der Waals surface area contributed by atoms with Crippen molar-refractivity contribution in [3.8, 4) is 5.75 Å². The molecule has 0 spiro atoms. The minimum atomic E-state index is 0.0772. The first-order valence-electron chi connectivity index (χ1n) is 9.80. The molecule has 1 unspecified atom stereocenters. The zero-order chi connectivity index (χ0) is 17.5. The second kappa shape index (κ2) is 9.35. The van der Waals surface area contributed by atoms with Crippen LogP contribution in [-0.4, -0.2) is 50.1 Å². The fourth-order valence-electron chi connectivity index (χ4n) is 3.94. The second-order valence-electron chi connectivity index (χ2n) is 7.50. The summed E-state index contributed by atoms with van der Waals surface area (Å²) in [7, 11) is 0. The maximum Gasteiger partial charge on any atom is 0.169 e. The van der Waals surface area contributed by atoms with Crippen molar-refractivity contribution in [3.05, 3.63) is 29.8 Å². The Kier molecular flexibility index (Phi) is 6.88. The number of piperidine rings is 1. The molecular weight excluding hydrogens is 314 g/mol. The minimum absolute atomic E-state index is 0.0772. The number of hydrogen-bond donors (Lipinski definition) is 0. The van der Waals surface area contributed by atoms with Crippen molar-refractivity contribution in [2.24, 2.45) is 11.8 Å². The molecular formula is C21H31NO3. The van der Waals surface area contributed by atoms with E-state index in [4.69, 9.17) is 9.47 Å². The summed E-state index contributed by atoms with van der Waals surface area (Å²) in [5.41, 5.74) is 0.737. The smallest absolute Gasteiger partial charge is 0.169 e. The number of ketones is 1. The quantitative estimate of drug-likeness (QED) is 0.557. The van der Waals surface area contributed by atoms with Crippen LogP contribution in [0.15, 0.2) is 24.3 Å². The van der Waals surface area contributed by atoms with E-state index in [1.54, 1.807) is 0 Å². The zero-order valence-electron chi connectivity index (χ0n) is 15.4. The Labute approximate surface area is 151 Å². The average molecular weight is 345 g/mol. The van der Waals surface area contributed by atoms with E-state index in [2.05, 4.69) is 11.8 Å². The number of likely N-dealkylation sites (tertiary alicyclic amines) is 1. The Bertz CT molecular complexity index is 554. The van der Waals surface area contributed by atoms with E-state index in [1.165, 1.54) is 25.9 Å². The van der Waals surface area contributed by atoms with Gasteiger partial charge in [0.1, 0.15) is 5.75 Å². The number of benzene rings is 1. The fraction of sp³-hybridized carbons (Fsp3) is 0.667. The predicted molar refractivity (Wildman–Crippen MR) is 99.3 cm³/mol. The molecule has 0 bridgehead atoms. The zero-order valence-corrected chi connectivity index (χ0v) is 15.4. The van der Waals surface area contributed by atoms with Gasteiger partial charge in [-0.05, 0) is 56.7 Å². The standard InChI is InChI=1S/C21H31NO3/c1-17-6-4-11-22(16-17)12-5-13-25-20-8-3-2-7-19(20)21(23)18-9-14-24-15-10-18/h2-3,7-8,17-18H,4-6,9-16H2,1H3. The molecule has 1 aromatic rings. The van der Waals surface area contributed by atoms with Crippen LogP contribution in [0.25, 0.3) is 0 Å². The highest BCUT2D eigenvalue weighted by molar-refractivity contribution is 6.00. The van der Waals surface area contributed by atoms with Gasteiger partial charge in [-0.1, -0.05) is 19.1 Å². The highest BCUT2D eigenvalue weighted by Crippen LogP contribution is 2.26. The Balaban J connectivity index is 1.49. The molecule has 2 fully saturated rings. The van der Waals surface area contributed by atoms with Crippen molar-refractivity contribution >= 4 is 5.78 Å². The maximum absolute atomic E-state index is 12.8. The van der Waals surface area contributed by atoms with Gasteiger partial charge in [-0.25, -0.2) is 0 Å². The molecule has 1 aromatic carbocycles. The maximum atomic E-state index is 12.8. The molecule has 2 saturated heterocycles. The molecule has 0 N–H and O–H groups in total. The number of Topliss-reactive ketones (excluding diaryl/α,β-unsaturated/α-hetero) is 1. The normalized spacial score (nSPS) is 22.7. The Morgan fingerprint density at radius 1 is 1.24 bits per heavy atom. The van der Waals surface area contributed by atoms with Crippen LogP contribution >= 0.6 is 0 Å². The average Bonchev–Trinajstić information content (AvgIpc) is 2.66. The topological polar surface area (TPSA) is 38.8 Å². The summed E-state index contributed by atoms with van der Waals surface area (Å²) >= 11 is 0. The summed E-state index contributed by atoms with van der Waals surface area (Å²) in [6.07, 6.45) is 5.31. The van der Waals surface area contributed by atoms with Crippen LogP contribution in [-0.2, 0) is 4.74 Å². The number of ether oxygens (including phenoxy) is 2. The monoisotopic (exact) mass is 345 g/mol. The predicted octanol–water partition coefficient (Wildman–Crippen LogP) is 3.80. The largest absolute Gasteiger partial charge is 0.493 e. The summed E-state index contributed by atoms with van der Waals surface area (Å²) in [4.78, 5) is 15.3. The number of nitrogens with zero attached hydrogens (tertiary/aromatic N) is 1. The summed E-state index contributed by atoms with van der Waals surface area (Å²) in [6, 6.07) is 7.70. The molecule has 0 aromatic heterocycles. The second-order valence-corrected chi connectivity index (χ2v) is 7.50. The summed E-state index contributed by atoms with van der Waals surface area (Å²) in [6.45, 7) is 7.88. The van der Waals surface area contributed by atoms with E-state index in [1.807, 2.05) is 24.3 Å². The van der Waals surface area contributed by atoms with Gasteiger partial charge in [-0.15, -0.1) is 0 Å². The molecule has 0 aliphatic carbocycles. The van der Waals surface area contributed by atoms with Crippen LogP contribution in [0.1, 0.15) is 49.4 Å². The minimum Gasteiger partial charge on any atom is -0.493 e. The molecule has 0 radical (unpaired) electrons. The highest BCUT2D eigenvalue weighted by atomic mass is 16.5. The van der Waals surface area contributed by atoms with Gasteiger partial charge < -0.3 is 14.4 Å². The third kappa shape index (κ3) is 5.29. The number of hydrogen-bond acceptors (Lipinski definition) is 4. The van der Waals surface area contributed by atoms with Crippen LogP contribution in [0.2, 0.25) is 0 Å². The van der Waals surface area contributed by atoms with Crippen LogP contribution in [0.5, 0.6) is 5.75 Å². The van der Waals surface area contributed by atoms with Crippen molar-refractivity contribution in [3.63, 3.8) is 0 Å². The van der Waals surface area contributed by atoms with Crippen LogP contribution in [0.4, 0.5) is 0 Å². The lowest BCUT2D eigenvalue weighted by molar-refractivity contribution is 0.0542. The number of carbonyl (C=O) groups is 1. The van der Waals surface area contributed by atoms with Crippen LogP contribution in [0.3, 0.4) is 0 Å². The molecule has 2 heterocycles. The third-order valence-electron chi connectivity index (χ3n) is 5.36. The number of rotatable bonds is 7. The molecule has 2 aliphatic rings. The molecule has 0 saturated carbocycles. The third-order valence-corrected chi connectivity index (χ3v) is 5.36. The van der Waals surface area contributed by atoms with Crippen molar-refractivity contribution < 1.29 is 14.3 Å². The lowest BCUT2D eigenvalue weighted by Gasteiger charge is -2.30. The summed E-state index contributed by atoms with van der Waals surface area (Å²) in [5, 5.41) is 0. The SMILES string of the molecule is CC1CCCN(CCCOc2ccccc2C(=O)C2CCOCC2)C1. The van der Waals surface area contributed by atoms with Gasteiger partial charge in [-0.3, -0.25) is 4.79 Å². The van der Waals surface area contributed by atoms with Crippen molar-refractivity contribution in [1.29, 1.82) is 0 Å². The van der Waals surface area contributed by atoms with Crippen LogP contribution < -0.4 is 4.74 Å². The van der Waals surface area contributed by atoms with E-state index >= 15 is 0 Å². The summed E-state index contributed by atoms with van der Waals surface area (Å²) in [5.74, 6) is 1.84. The van der Waals surface area contributed by atoms with Crippen molar-refractivity contribution in [2.45, 2.75) is 39.0 Å². The number of para-hydroxylation sites is 1. The lowest BCUT2D eigenvalue weighted by Crippen LogP contribution is -2.35. The Morgan fingerprint density at radius 2 is 2.04 bits per heavy atom. The van der Waals surface area contributed by atoms with Crippen LogP contribution in [0, 0.1) is 11.8 Å². The molecule has 25 heavy (non-hydrogen) atoms. The van der Waals surface area contributed by atoms with E-state index < -0.39 is 0 Å². The summed E-state index contributed by atoms with van der Waals surface area (Å²) < 4.78 is 11.4. The van der Waals surface area contributed by atoms with Gasteiger partial charge in [0.25, 0.3) is 0 Å². The van der Waals surface area contributed by atoms with Gasteiger partial charge in [0.2, 0.25) is 0 Å². The fourth-order valence-corrected chi connectivity index (χ4v) is 3.94. The molecule has 1 atom stereocenters. The first-order valence-corrected chi connectivity index (χ1v) is 9.80. The van der Waals surface area contributed by atoms with E-state index in [9.17, 15) is 4.79 Å². The lowest BCUT2D eigenvalue weighted by atomic mass is 9.90. The molecule has 4 nitrogen and oxygen atoms in total. The molecule has 138 valence electrons. The Morgan fingerprint density at radius 3 is 2.84 bits per heavy atom. The van der Waals surface area contributed by atoms with Gasteiger partial charge in [0, 0.05) is 32.2 Å². The van der Waals surface area contributed by atoms with E-state index in [0.717, 1.165) is 43.0 Å². The molecule has 4 heteroatoms. The van der Waals surface area contributed by atoms with Gasteiger partial charge in [0.15, 0.2) is 5.78 Å². The van der Waals surface area contributed by atoms with E-state index in [-0.39, 0.29) is 11.7 Å². The van der Waals surface area contributed by atoms with Gasteiger partial charge in [0.05, 0.1) is 12.2 Å². The van der Waals surface area contributed by atoms with Gasteiger partial charge >= 0.3 is 0 Å².